The normalized spacial score (nSPS) is 31.1. The lowest BCUT2D eigenvalue weighted by atomic mass is 9.82. The van der Waals surface area contributed by atoms with E-state index in [1.165, 1.54) is 0 Å². The van der Waals surface area contributed by atoms with Crippen molar-refractivity contribution in [2.75, 3.05) is 13.2 Å². The topological polar surface area (TPSA) is 79.2 Å². The fourth-order valence-electron chi connectivity index (χ4n) is 4.62. The van der Waals surface area contributed by atoms with Crippen molar-refractivity contribution in [3.63, 3.8) is 0 Å². The van der Waals surface area contributed by atoms with Gasteiger partial charge in [-0.25, -0.2) is 0 Å². The molecule has 4 rings (SSSR count). The van der Waals surface area contributed by atoms with E-state index in [1.54, 1.807) is 0 Å². The highest BCUT2D eigenvalue weighted by molar-refractivity contribution is 6.31. The van der Waals surface area contributed by atoms with E-state index in [4.69, 9.17) is 21.1 Å². The second-order valence-electron chi connectivity index (χ2n) is 8.04. The van der Waals surface area contributed by atoms with Crippen LogP contribution in [0.4, 0.5) is 0 Å². The summed E-state index contributed by atoms with van der Waals surface area (Å²) in [7, 11) is 0. The third-order valence-corrected chi connectivity index (χ3v) is 6.70. The maximum absolute atomic E-state index is 10.8. The summed E-state index contributed by atoms with van der Waals surface area (Å²) in [6, 6.07) is 13.6. The minimum Gasteiger partial charge on any atom is -0.494 e. The second kappa shape index (κ2) is 7.89. The summed E-state index contributed by atoms with van der Waals surface area (Å²) >= 11 is 6.47. The Bertz CT molecular complexity index is 870. The van der Waals surface area contributed by atoms with Crippen LogP contribution in [0.1, 0.15) is 42.9 Å². The van der Waals surface area contributed by atoms with E-state index < -0.39 is 23.4 Å². The van der Waals surface area contributed by atoms with Gasteiger partial charge in [-0.1, -0.05) is 35.9 Å². The Balaban J connectivity index is 1.63. The van der Waals surface area contributed by atoms with Gasteiger partial charge in [0.15, 0.2) is 0 Å². The Hall–Kier alpha value is -1.63. The lowest BCUT2D eigenvalue weighted by molar-refractivity contribution is -0.251. The molecule has 0 amide bonds. The van der Waals surface area contributed by atoms with Crippen LogP contribution in [0.2, 0.25) is 5.02 Å². The van der Waals surface area contributed by atoms with Crippen molar-refractivity contribution in [1.29, 1.82) is 0 Å². The molecule has 3 N–H and O–H groups in total. The minimum absolute atomic E-state index is 0.178. The van der Waals surface area contributed by atoms with Gasteiger partial charge >= 0.3 is 0 Å². The molecular weight excluding hydrogens is 392 g/mol. The SMILES string of the molecule is CCOc1ccc(Cc2cc([C@]34CC[C@](CO)(O3)[C@@H](O)C[C@H]4O)ccc2Cl)cc1. The first-order valence-corrected chi connectivity index (χ1v) is 10.5. The first-order chi connectivity index (χ1) is 13.9. The molecule has 0 aliphatic carbocycles. The van der Waals surface area contributed by atoms with Crippen molar-refractivity contribution in [2.24, 2.45) is 0 Å². The molecular formula is C23H27ClO5. The Morgan fingerprint density at radius 3 is 2.55 bits per heavy atom. The maximum atomic E-state index is 10.8. The molecule has 2 saturated heterocycles. The molecule has 2 aromatic rings. The van der Waals surface area contributed by atoms with Gasteiger partial charge in [0.1, 0.15) is 17.0 Å². The average Bonchev–Trinajstić information content (AvgIpc) is 3.09. The smallest absolute Gasteiger partial charge is 0.120 e. The van der Waals surface area contributed by atoms with Crippen molar-refractivity contribution in [1.82, 2.24) is 0 Å². The van der Waals surface area contributed by atoms with E-state index in [1.807, 2.05) is 49.4 Å². The van der Waals surface area contributed by atoms with Crippen molar-refractivity contribution in [2.45, 2.75) is 56.0 Å². The summed E-state index contributed by atoms with van der Waals surface area (Å²) in [5.74, 6) is 0.832. The molecule has 0 spiro atoms. The number of aliphatic hydroxyl groups excluding tert-OH is 3. The molecule has 2 fully saturated rings. The van der Waals surface area contributed by atoms with Gasteiger partial charge in [-0.3, -0.25) is 0 Å². The van der Waals surface area contributed by atoms with Crippen LogP contribution in [-0.2, 0) is 16.8 Å². The standard InChI is InChI=1S/C23H27ClO5/c1-2-28-18-6-3-15(4-7-18)11-16-12-17(5-8-19(16)24)23-10-9-22(14-25,29-23)20(26)13-21(23)27/h3-8,12,20-21,25-27H,2,9-11,13-14H2,1H3/t20-,21+,22+,23-/m0/s1. The van der Waals surface area contributed by atoms with Gasteiger partial charge in [0.05, 0.1) is 25.4 Å². The van der Waals surface area contributed by atoms with Gasteiger partial charge in [0, 0.05) is 11.4 Å². The van der Waals surface area contributed by atoms with Crippen LogP contribution in [-0.4, -0.2) is 46.3 Å². The van der Waals surface area contributed by atoms with Crippen LogP contribution in [0.3, 0.4) is 0 Å². The van der Waals surface area contributed by atoms with E-state index in [9.17, 15) is 15.3 Å². The quantitative estimate of drug-likeness (QED) is 0.671. The maximum Gasteiger partial charge on any atom is 0.120 e. The number of hydrogen-bond acceptors (Lipinski definition) is 5. The molecule has 2 heterocycles. The predicted octanol–water partition coefficient (Wildman–Crippen LogP) is 3.19. The summed E-state index contributed by atoms with van der Waals surface area (Å²) in [4.78, 5) is 0. The summed E-state index contributed by atoms with van der Waals surface area (Å²) in [5, 5.41) is 31.6. The predicted molar refractivity (Wildman–Crippen MR) is 110 cm³/mol. The number of benzene rings is 2. The zero-order valence-corrected chi connectivity index (χ0v) is 17.2. The van der Waals surface area contributed by atoms with Crippen molar-refractivity contribution in [3.05, 3.63) is 64.2 Å². The highest BCUT2D eigenvalue weighted by Gasteiger charge is 2.61. The van der Waals surface area contributed by atoms with Gasteiger partial charge in [0.2, 0.25) is 0 Å². The summed E-state index contributed by atoms with van der Waals surface area (Å²) in [6.07, 6.45) is 0.123. The lowest BCUT2D eigenvalue weighted by Gasteiger charge is -2.45. The third-order valence-electron chi connectivity index (χ3n) is 6.33. The monoisotopic (exact) mass is 418 g/mol. The van der Waals surface area contributed by atoms with E-state index in [0.717, 1.165) is 22.4 Å². The Labute approximate surface area is 175 Å². The van der Waals surface area contributed by atoms with Crippen molar-refractivity contribution < 1.29 is 24.8 Å². The summed E-state index contributed by atoms with van der Waals surface area (Å²) in [6.45, 7) is 2.31. The van der Waals surface area contributed by atoms with Crippen molar-refractivity contribution >= 4 is 11.6 Å². The number of rotatable bonds is 6. The van der Waals surface area contributed by atoms with Gasteiger partial charge in [0.25, 0.3) is 0 Å². The number of ether oxygens (including phenoxy) is 2. The molecule has 2 bridgehead atoms. The number of halogens is 1. The third kappa shape index (κ3) is 3.56. The average molecular weight is 419 g/mol. The van der Waals surface area contributed by atoms with E-state index in [-0.39, 0.29) is 13.0 Å². The molecule has 2 aliphatic rings. The number of fused-ring (bicyclic) bond motifs is 2. The zero-order chi connectivity index (χ0) is 20.6. The lowest BCUT2D eigenvalue weighted by Crippen LogP contribution is -2.57. The molecule has 0 saturated carbocycles. The van der Waals surface area contributed by atoms with Gasteiger partial charge in [-0.05, 0) is 61.1 Å². The van der Waals surface area contributed by atoms with Gasteiger partial charge in [-0.15, -0.1) is 0 Å². The molecule has 2 aliphatic heterocycles. The van der Waals surface area contributed by atoms with Crippen LogP contribution in [0.15, 0.2) is 42.5 Å². The van der Waals surface area contributed by atoms with Crippen LogP contribution in [0.5, 0.6) is 5.75 Å². The Morgan fingerprint density at radius 2 is 1.86 bits per heavy atom. The number of hydrogen-bond donors (Lipinski definition) is 3. The fourth-order valence-corrected chi connectivity index (χ4v) is 4.81. The van der Waals surface area contributed by atoms with E-state index in [2.05, 4.69) is 0 Å². The molecule has 2 aromatic carbocycles. The molecule has 6 heteroatoms. The van der Waals surface area contributed by atoms with Crippen LogP contribution in [0, 0.1) is 0 Å². The molecule has 5 nitrogen and oxygen atoms in total. The van der Waals surface area contributed by atoms with E-state index in [0.29, 0.717) is 30.9 Å². The van der Waals surface area contributed by atoms with Crippen LogP contribution < -0.4 is 4.74 Å². The van der Waals surface area contributed by atoms with E-state index >= 15 is 0 Å². The van der Waals surface area contributed by atoms with Crippen molar-refractivity contribution in [3.8, 4) is 5.75 Å². The highest BCUT2D eigenvalue weighted by atomic mass is 35.5. The molecule has 4 atom stereocenters. The first kappa shape index (κ1) is 20.6. The Kier molecular flexibility index (Phi) is 5.62. The number of aliphatic hydroxyl groups is 3. The van der Waals surface area contributed by atoms with Crippen LogP contribution >= 0.6 is 11.6 Å². The first-order valence-electron chi connectivity index (χ1n) is 10.1. The summed E-state index contributed by atoms with van der Waals surface area (Å²) < 4.78 is 11.7. The largest absolute Gasteiger partial charge is 0.494 e. The summed E-state index contributed by atoms with van der Waals surface area (Å²) in [5.41, 5.74) is 0.930. The molecule has 29 heavy (non-hydrogen) atoms. The Morgan fingerprint density at radius 1 is 1.10 bits per heavy atom. The molecule has 0 aromatic heterocycles. The minimum atomic E-state index is -1.01. The molecule has 156 valence electrons. The second-order valence-corrected chi connectivity index (χ2v) is 8.45. The molecule has 0 unspecified atom stereocenters. The highest BCUT2D eigenvalue weighted by Crippen LogP contribution is 2.53. The zero-order valence-electron chi connectivity index (χ0n) is 16.5. The fraction of sp³-hybridized carbons (Fsp3) is 0.478. The van der Waals surface area contributed by atoms with Gasteiger partial charge < -0.3 is 24.8 Å². The van der Waals surface area contributed by atoms with Gasteiger partial charge in [-0.2, -0.15) is 0 Å². The molecule has 0 radical (unpaired) electrons. The van der Waals surface area contributed by atoms with Crippen LogP contribution in [0.25, 0.3) is 0 Å².